The van der Waals surface area contributed by atoms with E-state index in [-0.39, 0.29) is 67.6 Å². The molecule has 0 saturated carbocycles. The van der Waals surface area contributed by atoms with E-state index >= 15 is 0 Å². The first kappa shape index (κ1) is 60.1. The molecule has 2 heterocycles. The zero-order valence-corrected chi connectivity index (χ0v) is 57.2. The van der Waals surface area contributed by atoms with Crippen LogP contribution in [0.1, 0.15) is 263 Å². The molecule has 2 heteroatoms. The Morgan fingerprint density at radius 3 is 0.634 bits per heavy atom. The summed E-state index contributed by atoms with van der Waals surface area (Å²) >= 11 is 0. The minimum Gasteiger partial charge on any atom is -0.0612 e. The number of hydrogen-bond donors (Lipinski definition) is 0. The summed E-state index contributed by atoms with van der Waals surface area (Å²) in [5.41, 5.74) is 28.4. The second kappa shape index (κ2) is 18.2. The normalized spacial score (nSPS) is 14.9. The van der Waals surface area contributed by atoms with Gasteiger partial charge in [0.1, 0.15) is 0 Å². The van der Waals surface area contributed by atoms with E-state index in [0.29, 0.717) is 0 Å². The van der Waals surface area contributed by atoms with E-state index in [0.717, 1.165) is 0 Å². The monoisotopic (exact) mass is 1090 g/mol. The van der Waals surface area contributed by atoms with Gasteiger partial charge in [0.15, 0.2) is 0 Å². The predicted molar refractivity (Wildman–Crippen MR) is 370 cm³/mol. The molecule has 0 bridgehead atoms. The molecule has 2 aliphatic rings. The van der Waals surface area contributed by atoms with Crippen molar-refractivity contribution >= 4 is 78.5 Å². The highest BCUT2D eigenvalue weighted by atomic mass is 14.4. The van der Waals surface area contributed by atoms with E-state index < -0.39 is 0 Å². The number of rotatable bonds is 2. The lowest BCUT2D eigenvalue weighted by Crippen LogP contribution is -2.56. The molecule has 0 N–H and O–H groups in total. The van der Waals surface area contributed by atoms with E-state index in [9.17, 15) is 0 Å². The lowest BCUT2D eigenvalue weighted by molar-refractivity contribution is 0.552. The molecule has 0 aromatic heterocycles. The third-order valence-electron chi connectivity index (χ3n) is 19.3. The van der Waals surface area contributed by atoms with Crippen LogP contribution in [-0.2, 0) is 54.1 Å². The summed E-state index contributed by atoms with van der Waals surface area (Å²) in [5.74, 6) is 0. The number of hydrogen-bond acceptors (Lipinski definition) is 0. The third kappa shape index (κ3) is 9.75. The van der Waals surface area contributed by atoms with Gasteiger partial charge in [-0.2, -0.15) is 0 Å². The number of benzene rings is 8. The standard InChI is InChI=1S/C80H104B2/c1-71(2,3)47-37-55-53-35-45-31-34-52-64-46(32-33-51(63(45)64)65(53)81(67(55)57(39-47)75(13,14)15)69-59(77(19,20)21)41-49(73(7,8)9)42-60(69)78(22,23)24)36-54-56-38-48(72(4,5)6)40-58(76(16,17)18)68(56)82(66(52)54)70-61(79(25,26)27)43-50(74(10,11)12)44-62(70)80(28,29)30/h31-44H,1-30H3. The molecule has 2 aliphatic heterocycles. The molecule has 430 valence electrons. The Kier molecular flexibility index (Phi) is 13.4. The van der Waals surface area contributed by atoms with Gasteiger partial charge in [-0.3, -0.25) is 0 Å². The van der Waals surface area contributed by atoms with Crippen LogP contribution >= 0.6 is 0 Å². The van der Waals surface area contributed by atoms with E-state index in [2.05, 4.69) is 293 Å². The van der Waals surface area contributed by atoms with Gasteiger partial charge in [0.05, 0.1) is 0 Å². The minimum atomic E-state index is -0.122. The summed E-state index contributed by atoms with van der Waals surface area (Å²) in [6.07, 6.45) is 0. The number of fused-ring (bicyclic) bond motifs is 8. The fraction of sp³-hybridized carbons (Fsp3) is 0.500. The van der Waals surface area contributed by atoms with Crippen LogP contribution in [0.15, 0.2) is 84.9 Å². The molecule has 0 radical (unpaired) electrons. The highest BCUT2D eigenvalue weighted by molar-refractivity contribution is 7.02. The average Bonchev–Trinajstić information content (AvgIpc) is 1.50. The molecule has 8 aromatic carbocycles. The molecule has 0 saturated heterocycles. The maximum atomic E-state index is 2.65. The highest BCUT2D eigenvalue weighted by Crippen LogP contribution is 2.47. The van der Waals surface area contributed by atoms with Gasteiger partial charge in [0.25, 0.3) is 0 Å². The molecular formula is C80H104B2. The van der Waals surface area contributed by atoms with Gasteiger partial charge in [-0.05, 0) is 176 Å². The molecule has 0 unspecified atom stereocenters. The second-order valence-corrected chi connectivity index (χ2v) is 36.4. The predicted octanol–water partition coefficient (Wildman–Crippen LogP) is 18.6. The van der Waals surface area contributed by atoms with E-state index in [4.69, 9.17) is 0 Å². The average molecular weight is 1090 g/mol. The van der Waals surface area contributed by atoms with Gasteiger partial charge in [0.2, 0.25) is 13.4 Å². The molecule has 0 spiro atoms. The van der Waals surface area contributed by atoms with Crippen molar-refractivity contribution in [3.05, 3.63) is 141 Å². The summed E-state index contributed by atoms with van der Waals surface area (Å²) in [4.78, 5) is 0. The fourth-order valence-electron chi connectivity index (χ4n) is 14.7. The Bertz CT molecular complexity index is 3600. The van der Waals surface area contributed by atoms with E-state index in [1.165, 1.54) is 143 Å². The molecule has 0 fully saturated rings. The molecule has 82 heavy (non-hydrogen) atoms. The Hall–Kier alpha value is -5.07. The van der Waals surface area contributed by atoms with Crippen molar-refractivity contribution in [3.8, 4) is 22.3 Å². The zero-order valence-electron chi connectivity index (χ0n) is 57.2. The van der Waals surface area contributed by atoms with Crippen LogP contribution in [0.5, 0.6) is 0 Å². The summed E-state index contributed by atoms with van der Waals surface area (Å²) < 4.78 is 0. The molecule has 0 amide bonds. The van der Waals surface area contributed by atoms with Gasteiger partial charge < -0.3 is 0 Å². The Labute approximate surface area is 500 Å². The van der Waals surface area contributed by atoms with Crippen LogP contribution in [0, 0.1) is 0 Å². The van der Waals surface area contributed by atoms with Crippen LogP contribution in [0.4, 0.5) is 0 Å². The molecular weight excluding hydrogens is 983 g/mol. The molecule has 0 nitrogen and oxygen atoms in total. The Morgan fingerprint density at radius 1 is 0.207 bits per heavy atom. The maximum absolute atomic E-state index is 2.65. The summed E-state index contributed by atoms with van der Waals surface area (Å²) in [6, 6.07) is 36.5. The maximum Gasteiger partial charge on any atom is 0.244 e. The summed E-state index contributed by atoms with van der Waals surface area (Å²) in [5, 5.41) is 8.32. The fourth-order valence-corrected chi connectivity index (χ4v) is 14.7. The largest absolute Gasteiger partial charge is 0.244 e. The van der Waals surface area contributed by atoms with Crippen molar-refractivity contribution < 1.29 is 0 Å². The van der Waals surface area contributed by atoms with Crippen LogP contribution in [0.25, 0.3) is 54.6 Å². The van der Waals surface area contributed by atoms with Crippen LogP contribution < -0.4 is 32.8 Å². The van der Waals surface area contributed by atoms with Gasteiger partial charge >= 0.3 is 0 Å². The molecule has 0 atom stereocenters. The molecule has 8 aromatic rings. The Balaban J connectivity index is 1.44. The minimum absolute atomic E-state index is 0.0158. The quantitative estimate of drug-likeness (QED) is 0.120. The summed E-state index contributed by atoms with van der Waals surface area (Å²) in [7, 11) is 0. The van der Waals surface area contributed by atoms with E-state index in [1.807, 2.05) is 0 Å². The summed E-state index contributed by atoms with van der Waals surface area (Å²) in [6.45, 7) is 73.3. The van der Waals surface area contributed by atoms with Gasteiger partial charge in [-0.15, -0.1) is 0 Å². The lowest BCUT2D eigenvalue weighted by atomic mass is 9.34. The van der Waals surface area contributed by atoms with Crippen molar-refractivity contribution in [1.82, 2.24) is 0 Å². The molecule has 10 rings (SSSR count). The van der Waals surface area contributed by atoms with Crippen molar-refractivity contribution in [1.29, 1.82) is 0 Å². The first-order valence-corrected chi connectivity index (χ1v) is 31.6. The van der Waals surface area contributed by atoms with Crippen molar-refractivity contribution in [3.63, 3.8) is 0 Å². The van der Waals surface area contributed by atoms with Crippen LogP contribution in [-0.4, -0.2) is 13.4 Å². The SMILES string of the molecule is CC(C)(C)c1cc2c(c(C(C)(C)C)c1)B(c1c(C(C)(C)C)cc(C(C)(C)C)cc1C(C)(C)C)c1c-2cc2ccc3c4c(cc5ccc1c2c53)-c1cc(C(C)(C)C)cc(C(C)(C)C)c1B4c1c(C(C)(C)C)cc(C(C)(C)C)cc1C(C)(C)C. The van der Waals surface area contributed by atoms with Crippen LogP contribution in [0.2, 0.25) is 0 Å². The Morgan fingerprint density at radius 2 is 0.415 bits per heavy atom. The second-order valence-electron chi connectivity index (χ2n) is 36.4. The molecule has 0 aliphatic carbocycles. The van der Waals surface area contributed by atoms with Crippen molar-refractivity contribution in [2.24, 2.45) is 0 Å². The third-order valence-corrected chi connectivity index (χ3v) is 19.3. The zero-order chi connectivity index (χ0) is 61.1. The van der Waals surface area contributed by atoms with Gasteiger partial charge in [-0.1, -0.05) is 313 Å². The van der Waals surface area contributed by atoms with Gasteiger partial charge in [0, 0.05) is 0 Å². The van der Waals surface area contributed by atoms with Gasteiger partial charge in [-0.25, -0.2) is 0 Å². The lowest BCUT2D eigenvalue weighted by Gasteiger charge is -2.37. The van der Waals surface area contributed by atoms with E-state index in [1.54, 1.807) is 0 Å². The van der Waals surface area contributed by atoms with Crippen molar-refractivity contribution in [2.75, 3.05) is 0 Å². The first-order valence-electron chi connectivity index (χ1n) is 31.6. The van der Waals surface area contributed by atoms with Crippen molar-refractivity contribution in [2.45, 2.75) is 262 Å². The smallest absolute Gasteiger partial charge is 0.0612 e. The topological polar surface area (TPSA) is 0 Å². The highest BCUT2D eigenvalue weighted by Gasteiger charge is 2.48. The first-order chi connectivity index (χ1) is 37.0. The van der Waals surface area contributed by atoms with Crippen LogP contribution in [0.3, 0.4) is 0 Å².